The molecule has 0 radical (unpaired) electrons. The van der Waals surface area contributed by atoms with Gasteiger partial charge in [0, 0.05) is 53.0 Å². The molecule has 93 heavy (non-hydrogen) atoms. The average molecular weight is 1330 g/mol. The summed E-state index contributed by atoms with van der Waals surface area (Å²) >= 11 is 17.5. The number of phenolic OH excluding ortho intramolecular Hbond substituents is 3. The van der Waals surface area contributed by atoms with Crippen molar-refractivity contribution in [2.45, 2.75) is 19.0 Å². The number of rotatable bonds is 26. The number of carbonyl (C=O) groups is 4. The van der Waals surface area contributed by atoms with Crippen LogP contribution in [-0.2, 0) is 11.3 Å². The first-order chi connectivity index (χ1) is 44.7. The number of hydrogen-bond donors (Lipinski definition) is 9. The number of hydrogen-bond acceptors (Lipinski definition) is 19. The number of hydrazone groups is 3. The Labute approximate surface area is 552 Å². The number of carboxylic acids is 1. The largest absolute Gasteiger partial charge is 0.506 e. The predicted octanol–water partition coefficient (Wildman–Crippen LogP) is 10.4. The number of methoxy groups -OCH3 is 6. The van der Waals surface area contributed by atoms with Crippen molar-refractivity contribution in [3.8, 4) is 51.7 Å². The van der Waals surface area contributed by atoms with Gasteiger partial charge >= 0.3 is 5.97 Å². The van der Waals surface area contributed by atoms with Gasteiger partial charge in [-0.3, -0.25) is 24.1 Å². The molecule has 0 fully saturated rings. The molecule has 0 aliphatic carbocycles. The van der Waals surface area contributed by atoms with Crippen LogP contribution in [-0.4, -0.2) is 136 Å². The van der Waals surface area contributed by atoms with Gasteiger partial charge in [0.25, 0.3) is 17.7 Å². The quantitative estimate of drug-likeness (QED) is 0.0180. The van der Waals surface area contributed by atoms with Crippen LogP contribution in [0.3, 0.4) is 0 Å². The molecule has 1 atom stereocenters. The summed E-state index contributed by atoms with van der Waals surface area (Å²) < 4.78 is 32.5. The minimum absolute atomic E-state index is 0.0514. The second-order valence-electron chi connectivity index (χ2n) is 19.4. The lowest BCUT2D eigenvalue weighted by Gasteiger charge is -2.15. The molecule has 7 aromatic carbocycles. The van der Waals surface area contributed by atoms with E-state index in [1.165, 1.54) is 100 Å². The van der Waals surface area contributed by atoms with Crippen molar-refractivity contribution in [2.75, 3.05) is 62.8 Å². The van der Waals surface area contributed by atoms with E-state index in [2.05, 4.69) is 61.7 Å². The van der Waals surface area contributed by atoms with Crippen LogP contribution in [0.25, 0.3) is 18.2 Å². The van der Waals surface area contributed by atoms with Gasteiger partial charge in [0.2, 0.25) is 0 Å². The van der Waals surface area contributed by atoms with Crippen LogP contribution >= 0.6 is 34.8 Å². The highest BCUT2D eigenvalue weighted by molar-refractivity contribution is 6.33. The maximum atomic E-state index is 12.3. The summed E-state index contributed by atoms with van der Waals surface area (Å²) in [7, 11) is 11.3. The van der Waals surface area contributed by atoms with Gasteiger partial charge in [-0.2, -0.15) is 15.3 Å². The number of halogens is 3. The molecule has 7 rings (SSSR count). The maximum Gasteiger partial charge on any atom is 0.320 e. The molecule has 488 valence electrons. The first kappa shape index (κ1) is 73.3. The van der Waals surface area contributed by atoms with E-state index < -0.39 is 29.7 Å². The standard InChI is InChI=1S/C27H28ClN3O4.C21H22ClN3O6.C19H20ClN3O4/c1-31(18-19-8-5-4-6-9-19)13-7-10-21-14-20(15-25(34-2)26(21)35-3)17-29-30-27(33)22-11-12-24(32)23(28)16-22;1-30-18-9-12(8-13(19(18)31-2)4-3-5-16(23)21(28)29)11-24-25-20(27)14-6-7-17(26)15(22)10-14;1-26-17-9-12(8-13(4-3-7-21)18(17)27-2)11-22-23-19(25)14-5-6-16(24)15(20)10-14/h4-12,14-17,32H,13,18H2,1-3H3,(H,30,33);3-4,6-11,16,26H,5,23H2,1-2H3,(H,25,27)(H,28,29);3-6,8-11,24H,7,21H2,1-2H3,(H,23,25)/b10-7+,29-17+;4-3+,24-11+;4-3+,22-11+. The van der Waals surface area contributed by atoms with Gasteiger partial charge in [0.05, 0.1) is 76.4 Å². The third kappa shape index (κ3) is 22.8. The second-order valence-corrected chi connectivity index (χ2v) is 20.7. The van der Waals surface area contributed by atoms with Gasteiger partial charge in [-0.1, -0.05) is 102 Å². The first-order valence-electron chi connectivity index (χ1n) is 27.8. The van der Waals surface area contributed by atoms with Crippen molar-refractivity contribution >= 4 is 95.4 Å². The molecular formula is C67H70Cl3N9O14. The number of aromatic hydroxyl groups is 3. The van der Waals surface area contributed by atoms with Gasteiger partial charge in [-0.15, -0.1) is 0 Å². The number of likely N-dealkylation sites (N-methyl/N-ethyl adjacent to an activating group) is 1. The second kappa shape index (κ2) is 37.7. The van der Waals surface area contributed by atoms with Crippen molar-refractivity contribution in [1.82, 2.24) is 21.2 Å². The number of ether oxygens (including phenoxy) is 6. The number of nitrogens with two attached hydrogens (primary N) is 2. The van der Waals surface area contributed by atoms with E-state index in [0.717, 1.165) is 24.2 Å². The number of benzene rings is 7. The van der Waals surface area contributed by atoms with E-state index in [1.807, 2.05) is 42.5 Å². The fraction of sp³-hybridized carbons (Fsp3) is 0.179. The molecule has 0 heterocycles. The van der Waals surface area contributed by atoms with E-state index in [-0.39, 0.29) is 55.4 Å². The molecule has 0 bridgehead atoms. The number of amides is 3. The Morgan fingerprint density at radius 2 is 0.871 bits per heavy atom. The fourth-order valence-corrected chi connectivity index (χ4v) is 8.78. The summed E-state index contributed by atoms with van der Waals surface area (Å²) in [6.45, 7) is 1.96. The van der Waals surface area contributed by atoms with Crippen molar-refractivity contribution in [3.63, 3.8) is 0 Å². The summed E-state index contributed by atoms with van der Waals surface area (Å²) in [5.74, 6) is 0.273. The predicted molar refractivity (Wildman–Crippen MR) is 362 cm³/mol. The summed E-state index contributed by atoms with van der Waals surface area (Å²) in [5.41, 5.74) is 24.4. The normalized spacial score (nSPS) is 11.5. The Bertz CT molecular complexity index is 3900. The minimum atomic E-state index is -1.10. The molecule has 0 saturated heterocycles. The molecule has 26 heteroatoms. The van der Waals surface area contributed by atoms with Gasteiger partial charge in [-0.05, 0) is 127 Å². The Morgan fingerprint density at radius 1 is 0.516 bits per heavy atom. The van der Waals surface area contributed by atoms with Gasteiger partial charge in [-0.25, -0.2) is 16.3 Å². The van der Waals surface area contributed by atoms with Crippen molar-refractivity contribution in [1.29, 1.82) is 0 Å². The Kier molecular flexibility index (Phi) is 29.7. The Morgan fingerprint density at radius 3 is 1.19 bits per heavy atom. The van der Waals surface area contributed by atoms with Crippen LogP contribution in [0, 0.1) is 0 Å². The van der Waals surface area contributed by atoms with Crippen molar-refractivity contribution in [3.05, 3.63) is 210 Å². The van der Waals surface area contributed by atoms with Crippen LogP contribution in [0.4, 0.5) is 0 Å². The molecule has 0 saturated carbocycles. The van der Waals surface area contributed by atoms with E-state index >= 15 is 0 Å². The molecule has 23 nitrogen and oxygen atoms in total. The molecular weight excluding hydrogens is 1260 g/mol. The molecule has 0 aromatic heterocycles. The summed E-state index contributed by atoms with van der Waals surface area (Å²) in [4.78, 5) is 49.6. The molecule has 7 aromatic rings. The average Bonchev–Trinajstić information content (AvgIpc) is 0.997. The monoisotopic (exact) mass is 1330 g/mol. The highest BCUT2D eigenvalue weighted by Crippen LogP contribution is 2.36. The zero-order chi connectivity index (χ0) is 68.0. The van der Waals surface area contributed by atoms with Crippen LogP contribution in [0.5, 0.6) is 51.7 Å². The molecule has 0 aliphatic heterocycles. The zero-order valence-electron chi connectivity index (χ0n) is 51.6. The van der Waals surface area contributed by atoms with Crippen LogP contribution in [0.1, 0.15) is 76.4 Å². The van der Waals surface area contributed by atoms with Gasteiger partial charge in [0.15, 0.2) is 34.5 Å². The SMILES string of the molecule is COc1cc(/C=N/NC(=O)c2ccc(O)c(Cl)c2)cc(/C=C/CC(N)C(=O)O)c1OC.COc1cc(/C=N/NC(=O)c2ccc(O)c(Cl)c2)cc(/C=C/CN(C)Cc2ccccc2)c1OC.COc1cc(/C=N/NC(=O)c2ccc(O)c(Cl)c2)cc(/C=C/CN)c1OC. The van der Waals surface area contributed by atoms with Crippen molar-refractivity contribution in [2.24, 2.45) is 26.8 Å². The molecule has 3 amide bonds. The molecule has 1 unspecified atom stereocenters. The summed E-state index contributed by atoms with van der Waals surface area (Å²) in [6.07, 6.45) is 15.4. The third-order valence-electron chi connectivity index (χ3n) is 12.8. The molecule has 0 spiro atoms. The highest BCUT2D eigenvalue weighted by atomic mass is 35.5. The van der Waals surface area contributed by atoms with E-state index in [9.17, 15) is 34.5 Å². The van der Waals surface area contributed by atoms with Gasteiger partial charge in [0.1, 0.15) is 23.3 Å². The van der Waals surface area contributed by atoms with Crippen LogP contribution < -0.4 is 56.2 Å². The van der Waals surface area contributed by atoms with E-state index in [0.29, 0.717) is 63.3 Å². The molecule has 0 aliphatic rings. The minimum Gasteiger partial charge on any atom is -0.506 e. The highest BCUT2D eigenvalue weighted by Gasteiger charge is 2.16. The molecule has 11 N–H and O–H groups in total. The lowest BCUT2D eigenvalue weighted by Crippen LogP contribution is -2.29. The number of aliphatic carboxylic acids is 1. The van der Waals surface area contributed by atoms with Crippen LogP contribution in [0.2, 0.25) is 15.1 Å². The zero-order valence-corrected chi connectivity index (χ0v) is 53.9. The fourth-order valence-electron chi connectivity index (χ4n) is 8.23. The Hall–Kier alpha value is -10.4. The number of nitrogens with zero attached hydrogens (tertiary/aromatic N) is 4. The van der Waals surface area contributed by atoms with Crippen LogP contribution in [0.15, 0.2) is 155 Å². The topological polar surface area (TPSA) is 333 Å². The van der Waals surface area contributed by atoms with Crippen molar-refractivity contribution < 1.29 is 68.0 Å². The van der Waals surface area contributed by atoms with E-state index in [1.54, 1.807) is 63.8 Å². The lowest BCUT2D eigenvalue weighted by atomic mass is 10.1. The lowest BCUT2D eigenvalue weighted by molar-refractivity contribution is -0.138. The number of carbonyl (C=O) groups excluding carboxylic acids is 3. The number of phenols is 3. The smallest absolute Gasteiger partial charge is 0.320 e. The first-order valence-corrected chi connectivity index (χ1v) is 28.9. The summed E-state index contributed by atoms with van der Waals surface area (Å²) in [5, 5.41) is 49.4. The third-order valence-corrected chi connectivity index (χ3v) is 13.7. The summed E-state index contributed by atoms with van der Waals surface area (Å²) in [6, 6.07) is 32.2. The van der Waals surface area contributed by atoms with Gasteiger partial charge < -0.3 is 60.3 Å². The number of nitrogens with one attached hydrogen (secondary N) is 3. The van der Waals surface area contributed by atoms with E-state index in [4.69, 9.17) is 79.8 Å². The maximum absolute atomic E-state index is 12.3. The Balaban J connectivity index is 0.000000255. The number of carboxylic acid groups (broad SMARTS) is 1.